The molecule has 0 atom stereocenters. The van der Waals surface area contributed by atoms with Crippen LogP contribution in [0, 0.1) is 15.9 Å². The summed E-state index contributed by atoms with van der Waals surface area (Å²) in [5.41, 5.74) is -0.358. The van der Waals surface area contributed by atoms with Crippen molar-refractivity contribution >= 4 is 5.69 Å². The zero-order chi connectivity index (χ0) is 13.5. The van der Waals surface area contributed by atoms with Crippen LogP contribution < -0.4 is 0 Å². The van der Waals surface area contributed by atoms with Crippen LogP contribution in [0.25, 0.3) is 0 Å². The lowest BCUT2D eigenvalue weighted by atomic mass is 10.2. The minimum atomic E-state index is -0.840. The van der Waals surface area contributed by atoms with Gasteiger partial charge >= 0.3 is 5.69 Å². The van der Waals surface area contributed by atoms with Crippen molar-refractivity contribution in [2.24, 2.45) is 0 Å². The molecule has 0 saturated heterocycles. The van der Waals surface area contributed by atoms with Gasteiger partial charge in [-0.3, -0.25) is 10.1 Å². The molecule has 5 nitrogen and oxygen atoms in total. The third-order valence-electron chi connectivity index (χ3n) is 2.19. The molecule has 6 heteroatoms. The minimum Gasteiger partial charge on any atom is -0.376 e. The summed E-state index contributed by atoms with van der Waals surface area (Å²) in [6.45, 7) is 4.53. The van der Waals surface area contributed by atoms with Crippen molar-refractivity contribution in [2.45, 2.75) is 26.6 Å². The maximum atomic E-state index is 13.6. The Kier molecular flexibility index (Phi) is 5.67. The summed E-state index contributed by atoms with van der Waals surface area (Å²) in [7, 11) is 0. The van der Waals surface area contributed by atoms with E-state index in [2.05, 4.69) is 0 Å². The fraction of sp³-hybridized carbons (Fsp3) is 0.500. The van der Waals surface area contributed by atoms with Crippen LogP contribution in [0.1, 0.15) is 19.4 Å². The molecule has 0 aliphatic rings. The number of nitro benzene ring substituents is 1. The zero-order valence-corrected chi connectivity index (χ0v) is 10.4. The van der Waals surface area contributed by atoms with E-state index in [4.69, 9.17) is 9.47 Å². The fourth-order valence-electron chi connectivity index (χ4n) is 1.34. The van der Waals surface area contributed by atoms with Crippen LogP contribution >= 0.6 is 0 Å². The van der Waals surface area contributed by atoms with Crippen LogP contribution in [0.15, 0.2) is 18.2 Å². The molecule has 0 aromatic heterocycles. The summed E-state index contributed by atoms with van der Waals surface area (Å²) in [5.74, 6) is -0.840. The number of benzene rings is 1. The molecular weight excluding hydrogens is 241 g/mol. The molecule has 0 aliphatic heterocycles. The van der Waals surface area contributed by atoms with E-state index in [9.17, 15) is 14.5 Å². The van der Waals surface area contributed by atoms with Gasteiger partial charge in [0.05, 0.1) is 30.8 Å². The smallest absolute Gasteiger partial charge is 0.305 e. The van der Waals surface area contributed by atoms with Gasteiger partial charge in [0.15, 0.2) is 0 Å². The molecule has 1 aromatic rings. The Hall–Kier alpha value is -1.53. The van der Waals surface area contributed by atoms with Gasteiger partial charge in [0.2, 0.25) is 5.82 Å². The van der Waals surface area contributed by atoms with Crippen molar-refractivity contribution < 1.29 is 18.8 Å². The monoisotopic (exact) mass is 257 g/mol. The summed E-state index contributed by atoms with van der Waals surface area (Å²) in [6, 6.07) is 4.02. The molecule has 1 aromatic carbocycles. The molecule has 0 saturated carbocycles. The predicted octanol–water partition coefficient (Wildman–Crippen LogP) is 2.68. The third kappa shape index (κ3) is 4.38. The molecule has 0 spiro atoms. The van der Waals surface area contributed by atoms with Crippen molar-refractivity contribution in [1.29, 1.82) is 0 Å². The average molecular weight is 257 g/mol. The second kappa shape index (κ2) is 7.03. The van der Waals surface area contributed by atoms with Crippen molar-refractivity contribution in [2.75, 3.05) is 13.2 Å². The summed E-state index contributed by atoms with van der Waals surface area (Å²) < 4.78 is 24.1. The zero-order valence-electron chi connectivity index (χ0n) is 10.4. The minimum absolute atomic E-state index is 0.00499. The van der Waals surface area contributed by atoms with Crippen LogP contribution in [0.2, 0.25) is 0 Å². The topological polar surface area (TPSA) is 61.6 Å². The first-order valence-corrected chi connectivity index (χ1v) is 5.63. The van der Waals surface area contributed by atoms with Crippen LogP contribution in [0.4, 0.5) is 10.1 Å². The quantitative estimate of drug-likeness (QED) is 0.428. The van der Waals surface area contributed by atoms with Crippen molar-refractivity contribution in [1.82, 2.24) is 0 Å². The predicted molar refractivity (Wildman–Crippen MR) is 63.8 cm³/mol. The highest BCUT2D eigenvalue weighted by Gasteiger charge is 2.16. The van der Waals surface area contributed by atoms with E-state index in [0.717, 1.165) is 6.07 Å². The highest BCUT2D eigenvalue weighted by molar-refractivity contribution is 5.36. The molecule has 1 rings (SSSR count). The second-order valence-corrected chi connectivity index (χ2v) is 3.98. The van der Waals surface area contributed by atoms with Gasteiger partial charge in [-0.1, -0.05) is 12.1 Å². The van der Waals surface area contributed by atoms with Crippen molar-refractivity contribution in [3.63, 3.8) is 0 Å². The SMILES string of the molecule is CC(C)OCCOCc1cccc([N+](=O)[O-])c1F. The molecule has 0 bridgehead atoms. The number of hydrogen-bond donors (Lipinski definition) is 0. The summed E-state index contributed by atoms with van der Waals surface area (Å²) in [5, 5.41) is 10.5. The fourth-order valence-corrected chi connectivity index (χ4v) is 1.34. The van der Waals surface area contributed by atoms with Gasteiger partial charge < -0.3 is 9.47 Å². The maximum Gasteiger partial charge on any atom is 0.305 e. The lowest BCUT2D eigenvalue weighted by molar-refractivity contribution is -0.387. The Bertz CT molecular complexity index is 409. The maximum absolute atomic E-state index is 13.6. The summed E-state index contributed by atoms with van der Waals surface area (Å²) in [6.07, 6.45) is 0.114. The van der Waals surface area contributed by atoms with Crippen molar-refractivity contribution in [3.8, 4) is 0 Å². The standard InChI is InChI=1S/C12H16FNO4/c1-9(2)18-7-6-17-8-10-4-3-5-11(12(10)13)14(15)16/h3-5,9H,6-8H2,1-2H3. The largest absolute Gasteiger partial charge is 0.376 e. The molecule has 0 heterocycles. The van der Waals surface area contributed by atoms with Gasteiger partial charge in [-0.05, 0) is 13.8 Å². The lowest BCUT2D eigenvalue weighted by Crippen LogP contribution is -2.10. The van der Waals surface area contributed by atoms with Gasteiger partial charge in [-0.2, -0.15) is 4.39 Å². The molecule has 0 unspecified atom stereocenters. The van der Waals surface area contributed by atoms with E-state index in [0.29, 0.717) is 13.2 Å². The molecule has 0 N–H and O–H groups in total. The Balaban J connectivity index is 2.48. The van der Waals surface area contributed by atoms with Crippen LogP contribution in [-0.4, -0.2) is 24.2 Å². The Labute approximate surface area is 105 Å². The van der Waals surface area contributed by atoms with Gasteiger partial charge in [0.1, 0.15) is 0 Å². The number of nitrogens with zero attached hydrogens (tertiary/aromatic N) is 1. The van der Waals surface area contributed by atoms with Gasteiger partial charge in [-0.15, -0.1) is 0 Å². The molecule has 18 heavy (non-hydrogen) atoms. The van der Waals surface area contributed by atoms with E-state index in [1.807, 2.05) is 13.8 Å². The Morgan fingerprint density at radius 2 is 2.11 bits per heavy atom. The third-order valence-corrected chi connectivity index (χ3v) is 2.19. The number of nitro groups is 1. The Morgan fingerprint density at radius 3 is 2.72 bits per heavy atom. The second-order valence-electron chi connectivity index (χ2n) is 3.98. The first kappa shape index (κ1) is 14.5. The van der Waals surface area contributed by atoms with Crippen LogP contribution in [0.3, 0.4) is 0 Å². The molecule has 0 radical (unpaired) electrons. The van der Waals surface area contributed by atoms with E-state index in [-0.39, 0.29) is 18.3 Å². The molecule has 0 amide bonds. The number of halogens is 1. The molecule has 100 valence electrons. The van der Waals surface area contributed by atoms with Gasteiger partial charge in [0, 0.05) is 11.6 Å². The van der Waals surface area contributed by atoms with E-state index < -0.39 is 16.4 Å². The number of rotatable bonds is 7. The first-order chi connectivity index (χ1) is 8.52. The first-order valence-electron chi connectivity index (χ1n) is 5.63. The highest BCUT2D eigenvalue weighted by atomic mass is 19.1. The average Bonchev–Trinajstić information content (AvgIpc) is 2.30. The molecular formula is C12H16FNO4. The lowest BCUT2D eigenvalue weighted by Gasteiger charge is -2.08. The summed E-state index contributed by atoms with van der Waals surface area (Å²) in [4.78, 5) is 9.78. The normalized spacial score (nSPS) is 10.9. The van der Waals surface area contributed by atoms with E-state index in [1.165, 1.54) is 12.1 Å². The number of ether oxygens (including phenoxy) is 2. The van der Waals surface area contributed by atoms with Crippen LogP contribution in [-0.2, 0) is 16.1 Å². The Morgan fingerprint density at radius 1 is 1.39 bits per heavy atom. The van der Waals surface area contributed by atoms with E-state index in [1.54, 1.807) is 0 Å². The summed E-state index contributed by atoms with van der Waals surface area (Å²) >= 11 is 0. The highest BCUT2D eigenvalue weighted by Crippen LogP contribution is 2.20. The molecule has 0 aliphatic carbocycles. The van der Waals surface area contributed by atoms with Crippen LogP contribution in [0.5, 0.6) is 0 Å². The van der Waals surface area contributed by atoms with Gasteiger partial charge in [-0.25, -0.2) is 0 Å². The van der Waals surface area contributed by atoms with E-state index >= 15 is 0 Å². The van der Waals surface area contributed by atoms with Gasteiger partial charge in [0.25, 0.3) is 0 Å². The van der Waals surface area contributed by atoms with Crippen molar-refractivity contribution in [3.05, 3.63) is 39.7 Å². The molecule has 0 fully saturated rings. The number of hydrogen-bond acceptors (Lipinski definition) is 4.